The second kappa shape index (κ2) is 6.62. The van der Waals surface area contributed by atoms with Crippen molar-refractivity contribution in [2.24, 2.45) is 0 Å². The zero-order chi connectivity index (χ0) is 16.2. The molecule has 2 aromatic carbocycles. The van der Waals surface area contributed by atoms with E-state index in [1.165, 1.54) is 11.3 Å². The Balaban J connectivity index is 2.10. The topological polar surface area (TPSA) is 59.4 Å². The quantitative estimate of drug-likeness (QED) is 0.759. The minimum Gasteiger partial charge on any atom is -0.496 e. The van der Waals surface area contributed by atoms with Crippen molar-refractivity contribution in [2.75, 3.05) is 7.11 Å². The Bertz CT molecular complexity index is 850. The molecular weight excluding hydrogens is 310 g/mol. The molecule has 0 atom stereocenters. The van der Waals surface area contributed by atoms with Crippen LogP contribution in [0.5, 0.6) is 5.75 Å². The predicted molar refractivity (Wildman–Crippen MR) is 92.7 cm³/mol. The summed E-state index contributed by atoms with van der Waals surface area (Å²) < 4.78 is 6.38. The summed E-state index contributed by atoms with van der Waals surface area (Å²) in [6.07, 6.45) is 1.75. The summed E-state index contributed by atoms with van der Waals surface area (Å²) in [5.74, 6) is -0.179. The summed E-state index contributed by atoms with van der Waals surface area (Å²) in [5.41, 5.74) is 2.39. The highest BCUT2D eigenvalue weighted by Crippen LogP contribution is 2.31. The van der Waals surface area contributed by atoms with E-state index in [0.29, 0.717) is 11.3 Å². The molecule has 0 amide bonds. The van der Waals surface area contributed by atoms with Crippen LogP contribution in [0, 0.1) is 0 Å². The molecule has 0 bridgehead atoms. The second-order valence-corrected chi connectivity index (χ2v) is 6.00. The maximum Gasteiger partial charge on any atom is 0.307 e. The van der Waals surface area contributed by atoms with Crippen molar-refractivity contribution in [1.82, 2.24) is 4.98 Å². The van der Waals surface area contributed by atoms with E-state index in [0.717, 1.165) is 20.8 Å². The predicted octanol–water partition coefficient (Wildman–Crippen LogP) is 4.32. The molecule has 5 heteroatoms. The third-order valence-corrected chi connectivity index (χ3v) is 4.49. The number of thiazole rings is 1. The largest absolute Gasteiger partial charge is 0.496 e. The van der Waals surface area contributed by atoms with Crippen molar-refractivity contribution in [3.8, 4) is 5.75 Å². The fraction of sp³-hybridized carbons (Fsp3) is 0.111. The van der Waals surface area contributed by atoms with Crippen LogP contribution in [0.1, 0.15) is 17.0 Å². The second-order valence-electron chi connectivity index (χ2n) is 4.97. The molecular formula is C18H15NO3S. The molecule has 3 aromatic rings. The molecule has 1 aromatic heterocycles. The lowest BCUT2D eigenvalue weighted by molar-refractivity contribution is -0.135. The molecule has 0 unspecified atom stereocenters. The summed E-state index contributed by atoms with van der Waals surface area (Å²) >= 11 is 1.50. The Hall–Kier alpha value is -2.66. The van der Waals surface area contributed by atoms with Crippen LogP contribution in [0.25, 0.3) is 21.9 Å². The van der Waals surface area contributed by atoms with Crippen molar-refractivity contribution in [2.45, 2.75) is 6.42 Å². The highest BCUT2D eigenvalue weighted by atomic mass is 32.1. The molecule has 0 fully saturated rings. The van der Waals surface area contributed by atoms with Crippen molar-refractivity contribution >= 4 is 39.2 Å². The molecule has 4 nitrogen and oxygen atoms in total. The van der Waals surface area contributed by atoms with Crippen LogP contribution in [0.4, 0.5) is 0 Å². The molecule has 0 aliphatic rings. The SMILES string of the molecule is COc1ccccc1/C=C(/CC(=O)O)c1nc2ccccc2s1. The van der Waals surface area contributed by atoms with Crippen LogP contribution in [0.15, 0.2) is 48.5 Å². The van der Waals surface area contributed by atoms with E-state index in [9.17, 15) is 9.90 Å². The molecule has 0 aliphatic heterocycles. The molecule has 1 heterocycles. The molecule has 3 rings (SSSR count). The Morgan fingerprint density at radius 3 is 2.70 bits per heavy atom. The Labute approximate surface area is 137 Å². The van der Waals surface area contributed by atoms with Crippen LogP contribution in [-0.4, -0.2) is 23.2 Å². The number of hydrogen-bond donors (Lipinski definition) is 1. The summed E-state index contributed by atoms with van der Waals surface area (Å²) in [6, 6.07) is 15.3. The van der Waals surface area contributed by atoms with E-state index in [1.807, 2.05) is 54.6 Å². The first-order valence-electron chi connectivity index (χ1n) is 7.08. The molecule has 0 aliphatic carbocycles. The maximum atomic E-state index is 11.2. The summed E-state index contributed by atoms with van der Waals surface area (Å²) in [6.45, 7) is 0. The molecule has 0 radical (unpaired) electrons. The molecule has 23 heavy (non-hydrogen) atoms. The standard InChI is InChI=1S/C18H15NO3S/c1-22-15-8-4-2-6-12(15)10-13(11-17(20)21)18-19-14-7-3-5-9-16(14)23-18/h2-10H,11H2,1H3,(H,20,21)/b13-10-. The van der Waals surface area contributed by atoms with Crippen LogP contribution < -0.4 is 4.74 Å². The van der Waals surface area contributed by atoms with Gasteiger partial charge in [-0.3, -0.25) is 4.79 Å². The van der Waals surface area contributed by atoms with Crippen molar-refractivity contribution in [3.63, 3.8) is 0 Å². The number of carbonyl (C=O) groups is 1. The van der Waals surface area contributed by atoms with Crippen LogP contribution in [0.3, 0.4) is 0 Å². The Kier molecular flexibility index (Phi) is 4.39. The van der Waals surface area contributed by atoms with E-state index < -0.39 is 5.97 Å². The van der Waals surface area contributed by atoms with E-state index in [4.69, 9.17) is 4.74 Å². The Morgan fingerprint density at radius 2 is 1.96 bits per heavy atom. The normalized spacial score (nSPS) is 11.6. The maximum absolute atomic E-state index is 11.2. The van der Waals surface area contributed by atoms with Gasteiger partial charge in [-0.2, -0.15) is 0 Å². The molecule has 0 saturated heterocycles. The first-order valence-corrected chi connectivity index (χ1v) is 7.90. The van der Waals surface area contributed by atoms with Crippen molar-refractivity contribution in [3.05, 3.63) is 59.1 Å². The summed E-state index contributed by atoms with van der Waals surface area (Å²) in [5, 5.41) is 9.95. The average molecular weight is 325 g/mol. The Morgan fingerprint density at radius 1 is 1.22 bits per heavy atom. The first kappa shape index (κ1) is 15.2. The fourth-order valence-corrected chi connectivity index (χ4v) is 3.31. The highest BCUT2D eigenvalue weighted by molar-refractivity contribution is 7.19. The number of benzene rings is 2. The van der Waals surface area contributed by atoms with Crippen LogP contribution in [0.2, 0.25) is 0 Å². The molecule has 0 spiro atoms. The van der Waals surface area contributed by atoms with Gasteiger partial charge in [0, 0.05) is 5.56 Å². The number of carboxylic acids is 1. The van der Waals surface area contributed by atoms with Crippen molar-refractivity contribution in [1.29, 1.82) is 0 Å². The number of aromatic nitrogens is 1. The molecule has 116 valence electrons. The van der Waals surface area contributed by atoms with E-state index in [2.05, 4.69) is 4.98 Å². The van der Waals surface area contributed by atoms with Gasteiger partial charge in [0.2, 0.25) is 0 Å². The summed E-state index contributed by atoms with van der Waals surface area (Å²) in [4.78, 5) is 15.8. The van der Waals surface area contributed by atoms with E-state index in [-0.39, 0.29) is 6.42 Å². The van der Waals surface area contributed by atoms with E-state index in [1.54, 1.807) is 7.11 Å². The van der Waals surface area contributed by atoms with Gasteiger partial charge in [-0.1, -0.05) is 30.3 Å². The van der Waals surface area contributed by atoms with Gasteiger partial charge in [0.05, 0.1) is 23.7 Å². The number of carboxylic acid groups (broad SMARTS) is 1. The van der Waals surface area contributed by atoms with Gasteiger partial charge >= 0.3 is 5.97 Å². The van der Waals surface area contributed by atoms with Gasteiger partial charge < -0.3 is 9.84 Å². The number of rotatable bonds is 5. The highest BCUT2D eigenvalue weighted by Gasteiger charge is 2.13. The molecule has 0 saturated carbocycles. The molecule has 1 N–H and O–H groups in total. The number of fused-ring (bicyclic) bond motifs is 1. The zero-order valence-corrected chi connectivity index (χ0v) is 13.3. The number of methoxy groups -OCH3 is 1. The zero-order valence-electron chi connectivity index (χ0n) is 12.5. The number of hydrogen-bond acceptors (Lipinski definition) is 4. The lowest BCUT2D eigenvalue weighted by Gasteiger charge is -2.06. The van der Waals surface area contributed by atoms with Crippen LogP contribution in [-0.2, 0) is 4.79 Å². The van der Waals surface area contributed by atoms with Gasteiger partial charge in [0.25, 0.3) is 0 Å². The van der Waals surface area contributed by atoms with Gasteiger partial charge in [0.15, 0.2) is 0 Å². The number of nitrogens with zero attached hydrogens (tertiary/aromatic N) is 1. The van der Waals surface area contributed by atoms with Crippen molar-refractivity contribution < 1.29 is 14.6 Å². The minimum absolute atomic E-state index is 0.0854. The van der Waals surface area contributed by atoms with Gasteiger partial charge in [-0.05, 0) is 29.8 Å². The number of para-hydroxylation sites is 2. The number of aliphatic carboxylic acids is 1. The first-order chi connectivity index (χ1) is 11.2. The third-order valence-electron chi connectivity index (χ3n) is 3.38. The van der Waals surface area contributed by atoms with E-state index >= 15 is 0 Å². The smallest absolute Gasteiger partial charge is 0.307 e. The van der Waals surface area contributed by atoms with Gasteiger partial charge in [-0.25, -0.2) is 4.98 Å². The number of ether oxygens (including phenoxy) is 1. The summed E-state index contributed by atoms with van der Waals surface area (Å²) in [7, 11) is 1.60. The van der Waals surface area contributed by atoms with Gasteiger partial charge in [-0.15, -0.1) is 11.3 Å². The lowest BCUT2D eigenvalue weighted by Crippen LogP contribution is -1.97. The monoisotopic (exact) mass is 325 g/mol. The average Bonchev–Trinajstić information content (AvgIpc) is 2.98. The van der Waals surface area contributed by atoms with Crippen LogP contribution >= 0.6 is 11.3 Å². The minimum atomic E-state index is -0.884. The lowest BCUT2D eigenvalue weighted by atomic mass is 10.1. The van der Waals surface area contributed by atoms with Gasteiger partial charge in [0.1, 0.15) is 10.8 Å². The fourth-order valence-electron chi connectivity index (χ4n) is 2.33. The third kappa shape index (κ3) is 3.40.